The van der Waals surface area contributed by atoms with Crippen molar-refractivity contribution in [3.05, 3.63) is 36.2 Å². The van der Waals surface area contributed by atoms with Crippen LogP contribution in [0, 0.1) is 11.8 Å². The Hall–Kier alpha value is -1.35. The van der Waals surface area contributed by atoms with Gasteiger partial charge in [0.25, 0.3) is 0 Å². The summed E-state index contributed by atoms with van der Waals surface area (Å²) in [6, 6.07) is 1.81. The average Bonchev–Trinajstić information content (AvgIpc) is 2.38. The molecule has 1 N–H and O–H groups in total. The first kappa shape index (κ1) is 12.1. The fourth-order valence-electron chi connectivity index (χ4n) is 2.11. The van der Waals surface area contributed by atoms with Gasteiger partial charge in [-0.15, -0.1) is 0 Å². The van der Waals surface area contributed by atoms with Crippen molar-refractivity contribution in [3.63, 3.8) is 0 Å². The highest BCUT2D eigenvalue weighted by molar-refractivity contribution is 5.29. The highest BCUT2D eigenvalue weighted by Gasteiger charge is 2.19. The maximum atomic E-state index is 9.18. The lowest BCUT2D eigenvalue weighted by Gasteiger charge is -2.25. The van der Waals surface area contributed by atoms with Crippen molar-refractivity contribution < 1.29 is 9.84 Å². The van der Waals surface area contributed by atoms with Gasteiger partial charge in [0.15, 0.2) is 0 Å². The van der Waals surface area contributed by atoms with Crippen molar-refractivity contribution in [1.82, 2.24) is 4.98 Å². The van der Waals surface area contributed by atoms with Crippen LogP contribution >= 0.6 is 0 Å². The van der Waals surface area contributed by atoms with Gasteiger partial charge in [-0.2, -0.15) is 0 Å². The fraction of sp³-hybridized carbons (Fsp3) is 0.500. The number of aliphatic hydroxyl groups excluding tert-OH is 1. The Morgan fingerprint density at radius 3 is 3.00 bits per heavy atom. The molecule has 0 spiro atoms. The molecule has 92 valence electrons. The van der Waals surface area contributed by atoms with E-state index in [0.717, 1.165) is 24.2 Å². The van der Waals surface area contributed by atoms with Crippen molar-refractivity contribution in [2.45, 2.75) is 26.4 Å². The number of aromatic nitrogens is 1. The molecule has 1 aromatic heterocycles. The Bertz CT molecular complexity index is 390. The molecule has 1 aliphatic carbocycles. The molecular formula is C14H19NO2. The van der Waals surface area contributed by atoms with E-state index in [2.05, 4.69) is 24.1 Å². The summed E-state index contributed by atoms with van der Waals surface area (Å²) in [5.74, 6) is 1.99. The monoisotopic (exact) mass is 233 g/mol. The van der Waals surface area contributed by atoms with Crippen LogP contribution in [-0.2, 0) is 6.61 Å². The Kier molecular flexibility index (Phi) is 4.15. The maximum absolute atomic E-state index is 9.18. The predicted molar refractivity (Wildman–Crippen MR) is 66.7 cm³/mol. The molecule has 0 saturated heterocycles. The molecule has 0 aromatic carbocycles. The third-order valence-corrected chi connectivity index (χ3v) is 3.40. The van der Waals surface area contributed by atoms with Gasteiger partial charge in [-0.1, -0.05) is 19.1 Å². The number of hydrogen-bond donors (Lipinski definition) is 1. The molecule has 2 rings (SSSR count). The SMILES string of the molecule is CC1CC=CCC1COc1ccncc1CO. The summed E-state index contributed by atoms with van der Waals surface area (Å²) in [6.07, 6.45) is 10.0. The molecule has 2 unspecified atom stereocenters. The molecule has 0 radical (unpaired) electrons. The van der Waals surface area contributed by atoms with E-state index in [-0.39, 0.29) is 6.61 Å². The summed E-state index contributed by atoms with van der Waals surface area (Å²) in [6.45, 7) is 2.95. The number of aliphatic hydroxyl groups is 1. The highest BCUT2D eigenvalue weighted by atomic mass is 16.5. The van der Waals surface area contributed by atoms with E-state index in [1.165, 1.54) is 0 Å². The van der Waals surface area contributed by atoms with E-state index in [4.69, 9.17) is 4.74 Å². The number of allylic oxidation sites excluding steroid dienone is 2. The second-order valence-electron chi connectivity index (χ2n) is 4.63. The molecule has 1 heterocycles. The van der Waals surface area contributed by atoms with Crippen LogP contribution in [0.2, 0.25) is 0 Å². The zero-order valence-corrected chi connectivity index (χ0v) is 10.2. The first-order valence-electron chi connectivity index (χ1n) is 6.12. The van der Waals surface area contributed by atoms with Gasteiger partial charge in [0, 0.05) is 18.0 Å². The van der Waals surface area contributed by atoms with E-state index in [1.807, 2.05) is 6.07 Å². The summed E-state index contributed by atoms with van der Waals surface area (Å²) in [5, 5.41) is 9.18. The number of rotatable bonds is 4. The molecule has 3 nitrogen and oxygen atoms in total. The van der Waals surface area contributed by atoms with E-state index in [9.17, 15) is 5.11 Å². The maximum Gasteiger partial charge on any atom is 0.127 e. The minimum Gasteiger partial charge on any atom is -0.493 e. The van der Waals surface area contributed by atoms with Crippen molar-refractivity contribution >= 4 is 0 Å². The van der Waals surface area contributed by atoms with Gasteiger partial charge in [-0.05, 0) is 30.7 Å². The predicted octanol–water partition coefficient (Wildman–Crippen LogP) is 2.56. The molecule has 1 aromatic rings. The lowest BCUT2D eigenvalue weighted by Crippen LogP contribution is -2.21. The van der Waals surface area contributed by atoms with Gasteiger partial charge in [0.1, 0.15) is 5.75 Å². The molecule has 2 atom stereocenters. The molecule has 1 aliphatic rings. The van der Waals surface area contributed by atoms with Crippen LogP contribution in [0.15, 0.2) is 30.6 Å². The summed E-state index contributed by atoms with van der Waals surface area (Å²) < 4.78 is 5.80. The smallest absolute Gasteiger partial charge is 0.127 e. The van der Waals surface area contributed by atoms with Crippen molar-refractivity contribution in [2.24, 2.45) is 11.8 Å². The molecule has 0 saturated carbocycles. The van der Waals surface area contributed by atoms with E-state index in [1.54, 1.807) is 12.4 Å². The molecule has 0 aliphatic heterocycles. The molecule has 17 heavy (non-hydrogen) atoms. The van der Waals surface area contributed by atoms with Gasteiger partial charge in [-0.25, -0.2) is 0 Å². The second kappa shape index (κ2) is 5.82. The Balaban J connectivity index is 1.95. The van der Waals surface area contributed by atoms with Crippen LogP contribution in [0.1, 0.15) is 25.3 Å². The average molecular weight is 233 g/mol. The third-order valence-electron chi connectivity index (χ3n) is 3.40. The van der Waals surface area contributed by atoms with Gasteiger partial charge >= 0.3 is 0 Å². The molecule has 0 fully saturated rings. The molecule has 0 amide bonds. The summed E-state index contributed by atoms with van der Waals surface area (Å²) in [5.41, 5.74) is 0.756. The van der Waals surface area contributed by atoms with E-state index in [0.29, 0.717) is 18.4 Å². The van der Waals surface area contributed by atoms with Crippen LogP contribution in [-0.4, -0.2) is 16.7 Å². The van der Waals surface area contributed by atoms with Crippen LogP contribution in [0.3, 0.4) is 0 Å². The van der Waals surface area contributed by atoms with Crippen molar-refractivity contribution in [3.8, 4) is 5.75 Å². The molecular weight excluding hydrogens is 214 g/mol. The zero-order valence-electron chi connectivity index (χ0n) is 10.2. The summed E-state index contributed by atoms with van der Waals surface area (Å²) in [4.78, 5) is 3.97. The van der Waals surface area contributed by atoms with Crippen LogP contribution < -0.4 is 4.74 Å². The zero-order chi connectivity index (χ0) is 12.1. The normalized spacial score (nSPS) is 23.6. The first-order chi connectivity index (χ1) is 8.31. The number of pyridine rings is 1. The van der Waals surface area contributed by atoms with Crippen LogP contribution in [0.5, 0.6) is 5.75 Å². The largest absolute Gasteiger partial charge is 0.493 e. The van der Waals surface area contributed by atoms with Gasteiger partial charge in [-0.3, -0.25) is 4.98 Å². The number of hydrogen-bond acceptors (Lipinski definition) is 3. The van der Waals surface area contributed by atoms with E-state index >= 15 is 0 Å². The van der Waals surface area contributed by atoms with Gasteiger partial charge in [0.05, 0.1) is 13.2 Å². The minimum atomic E-state index is -0.0245. The quantitative estimate of drug-likeness (QED) is 0.813. The highest BCUT2D eigenvalue weighted by Crippen LogP contribution is 2.26. The second-order valence-corrected chi connectivity index (χ2v) is 4.63. The minimum absolute atomic E-state index is 0.0245. The van der Waals surface area contributed by atoms with Gasteiger partial charge < -0.3 is 9.84 Å². The summed E-state index contributed by atoms with van der Waals surface area (Å²) >= 11 is 0. The van der Waals surface area contributed by atoms with Gasteiger partial charge in [0.2, 0.25) is 0 Å². The van der Waals surface area contributed by atoms with E-state index < -0.39 is 0 Å². The Morgan fingerprint density at radius 2 is 2.24 bits per heavy atom. The fourth-order valence-corrected chi connectivity index (χ4v) is 2.11. The molecule has 0 bridgehead atoms. The topological polar surface area (TPSA) is 42.4 Å². The third kappa shape index (κ3) is 3.07. The van der Waals surface area contributed by atoms with Crippen LogP contribution in [0.25, 0.3) is 0 Å². The standard InChI is InChI=1S/C14H19NO2/c1-11-4-2-3-5-12(11)10-17-14-6-7-15-8-13(14)9-16/h2-3,6-8,11-12,16H,4-5,9-10H2,1H3. The number of ether oxygens (including phenoxy) is 1. The van der Waals surface area contributed by atoms with Crippen LogP contribution in [0.4, 0.5) is 0 Å². The van der Waals surface area contributed by atoms with Crippen molar-refractivity contribution in [2.75, 3.05) is 6.61 Å². The Morgan fingerprint density at radius 1 is 1.41 bits per heavy atom. The van der Waals surface area contributed by atoms with Crippen molar-refractivity contribution in [1.29, 1.82) is 0 Å². The Labute approximate surface area is 102 Å². The lowest BCUT2D eigenvalue weighted by molar-refractivity contribution is 0.192. The lowest BCUT2D eigenvalue weighted by atomic mass is 9.85. The summed E-state index contributed by atoms with van der Waals surface area (Å²) in [7, 11) is 0. The number of nitrogens with zero attached hydrogens (tertiary/aromatic N) is 1. The first-order valence-corrected chi connectivity index (χ1v) is 6.12. The molecule has 3 heteroatoms.